The average Bonchev–Trinajstić information content (AvgIpc) is 3.17. The summed E-state index contributed by atoms with van der Waals surface area (Å²) >= 11 is 1.47. The van der Waals surface area contributed by atoms with Gasteiger partial charge >= 0.3 is 5.97 Å². The lowest BCUT2D eigenvalue weighted by atomic mass is 9.96. The molecule has 20 nitrogen and oxygen atoms in total. The molecule has 8 amide bonds. The fourth-order valence-electron chi connectivity index (χ4n) is 5.61. The number of aliphatic hydroxyl groups excluding tert-OH is 1. The first-order valence-electron chi connectivity index (χ1n) is 20.4. The van der Waals surface area contributed by atoms with Crippen molar-refractivity contribution in [3.05, 3.63) is 0 Å². The average molecular weight is 874 g/mol. The van der Waals surface area contributed by atoms with Crippen LogP contribution < -0.4 is 48.3 Å². The minimum absolute atomic E-state index is 0.0990. The van der Waals surface area contributed by atoms with Gasteiger partial charge in [0.2, 0.25) is 47.3 Å². The second-order valence-corrected chi connectivity index (χ2v) is 16.9. The normalized spacial score (nSPS) is 16.2. The maximum atomic E-state index is 13.7. The Labute approximate surface area is 358 Å². The summed E-state index contributed by atoms with van der Waals surface area (Å²) in [7, 11) is 0. The van der Waals surface area contributed by atoms with Crippen LogP contribution in [0.25, 0.3) is 0 Å². The van der Waals surface area contributed by atoms with Crippen LogP contribution in [0, 0.1) is 23.7 Å². The monoisotopic (exact) mass is 873 g/mol. The molecule has 0 rings (SSSR count). The summed E-state index contributed by atoms with van der Waals surface area (Å²) in [5.74, 6) is -7.99. The van der Waals surface area contributed by atoms with Gasteiger partial charge in [0.15, 0.2) is 0 Å². The van der Waals surface area contributed by atoms with E-state index >= 15 is 0 Å². The van der Waals surface area contributed by atoms with Crippen molar-refractivity contribution in [2.24, 2.45) is 29.4 Å². The van der Waals surface area contributed by atoms with Crippen LogP contribution in [0.15, 0.2) is 0 Å². The Balaban J connectivity index is 5.83. The predicted octanol–water partition coefficient (Wildman–Crippen LogP) is -1.51. The van der Waals surface area contributed by atoms with Gasteiger partial charge in [-0.1, -0.05) is 68.2 Å². The first-order chi connectivity index (χ1) is 27.9. The standard InChI is InChI=1S/C39H71N9O11S/c1-12-21(7)30(45-27(50)17-41-34(53)25(14-15-60-11)43-33(52)23(9)40)36(55)42-18-28(51)46-31(22(8)13-2)37(56)44-26(16-19(3)4)35(54)48-32(24(10)49)38(57)47-29(20(5)6)39(58)59/h19-26,29-32,49H,12-18,40H2,1-11H3,(H,41,53)(H,42,55)(H,43,52)(H,44,56)(H,45,50)(H,46,51)(H,47,57)(H,48,54)(H,58,59)/t21-,22-,23-,24+,25-,26-,29-,30-,31-,32-/m0/s1. The summed E-state index contributed by atoms with van der Waals surface area (Å²) in [4.78, 5) is 116. The number of carbonyl (C=O) groups is 9. The van der Waals surface area contributed by atoms with Gasteiger partial charge in [-0.3, -0.25) is 38.4 Å². The van der Waals surface area contributed by atoms with Gasteiger partial charge in [0, 0.05) is 0 Å². The number of carboxylic acids is 1. The minimum Gasteiger partial charge on any atom is -0.480 e. The van der Waals surface area contributed by atoms with Crippen molar-refractivity contribution < 1.29 is 53.4 Å². The number of thioether (sulfide) groups is 1. The van der Waals surface area contributed by atoms with E-state index in [1.807, 2.05) is 6.26 Å². The van der Waals surface area contributed by atoms with E-state index in [1.54, 1.807) is 55.4 Å². The molecule has 60 heavy (non-hydrogen) atoms. The molecular formula is C39H71N9O11S. The molecule has 0 radical (unpaired) electrons. The van der Waals surface area contributed by atoms with E-state index in [9.17, 15) is 53.4 Å². The first kappa shape index (κ1) is 55.5. The van der Waals surface area contributed by atoms with Crippen LogP contribution in [0.2, 0.25) is 0 Å². The number of nitrogens with one attached hydrogen (secondary N) is 8. The maximum absolute atomic E-state index is 13.7. The molecule has 0 saturated carbocycles. The number of carboxylic acid groups (broad SMARTS) is 1. The Morgan fingerprint density at radius 3 is 1.43 bits per heavy atom. The zero-order valence-electron chi connectivity index (χ0n) is 36.9. The van der Waals surface area contributed by atoms with Crippen LogP contribution in [-0.2, 0) is 43.2 Å². The number of rotatable bonds is 28. The van der Waals surface area contributed by atoms with Crippen LogP contribution in [-0.4, -0.2) is 137 Å². The number of nitrogens with two attached hydrogens (primary N) is 1. The highest BCUT2D eigenvalue weighted by atomic mass is 32.2. The van der Waals surface area contributed by atoms with Crippen LogP contribution in [0.1, 0.15) is 94.9 Å². The summed E-state index contributed by atoms with van der Waals surface area (Å²) in [6, 6.07) is -8.13. The van der Waals surface area contributed by atoms with Crippen molar-refractivity contribution in [3.63, 3.8) is 0 Å². The molecule has 0 saturated heterocycles. The van der Waals surface area contributed by atoms with E-state index in [4.69, 9.17) is 5.73 Å². The van der Waals surface area contributed by atoms with Gasteiger partial charge in [-0.05, 0) is 62.4 Å². The molecule has 0 heterocycles. The van der Waals surface area contributed by atoms with Crippen LogP contribution in [0.4, 0.5) is 0 Å². The van der Waals surface area contributed by atoms with Crippen LogP contribution in [0.3, 0.4) is 0 Å². The van der Waals surface area contributed by atoms with Gasteiger partial charge in [0.1, 0.15) is 36.3 Å². The third-order valence-electron chi connectivity index (χ3n) is 9.76. The lowest BCUT2D eigenvalue weighted by Crippen LogP contribution is -2.61. The lowest BCUT2D eigenvalue weighted by molar-refractivity contribution is -0.144. The number of amides is 8. The summed E-state index contributed by atoms with van der Waals surface area (Å²) in [5.41, 5.74) is 5.62. The number of aliphatic carboxylic acids is 1. The van der Waals surface area contributed by atoms with Crippen molar-refractivity contribution in [1.82, 2.24) is 42.5 Å². The van der Waals surface area contributed by atoms with E-state index in [1.165, 1.54) is 25.6 Å². The third-order valence-corrected chi connectivity index (χ3v) is 10.4. The Bertz CT molecular complexity index is 1460. The second kappa shape index (κ2) is 28.1. The summed E-state index contributed by atoms with van der Waals surface area (Å²) in [6.45, 7) is 15.4. The first-order valence-corrected chi connectivity index (χ1v) is 21.8. The van der Waals surface area contributed by atoms with Crippen molar-refractivity contribution in [2.45, 2.75) is 143 Å². The van der Waals surface area contributed by atoms with Gasteiger partial charge in [-0.25, -0.2) is 4.79 Å². The zero-order chi connectivity index (χ0) is 46.4. The van der Waals surface area contributed by atoms with E-state index < -0.39 is 132 Å². The van der Waals surface area contributed by atoms with Crippen LogP contribution in [0.5, 0.6) is 0 Å². The van der Waals surface area contributed by atoms with Crippen LogP contribution >= 0.6 is 11.8 Å². The molecule has 21 heteroatoms. The number of aliphatic hydroxyl groups is 1. The van der Waals surface area contributed by atoms with Crippen molar-refractivity contribution in [1.29, 1.82) is 0 Å². The Morgan fingerprint density at radius 2 is 1.02 bits per heavy atom. The van der Waals surface area contributed by atoms with Gasteiger partial charge in [0.25, 0.3) is 0 Å². The van der Waals surface area contributed by atoms with E-state index in [-0.39, 0.29) is 12.3 Å². The maximum Gasteiger partial charge on any atom is 0.326 e. The van der Waals surface area contributed by atoms with Gasteiger partial charge < -0.3 is 58.5 Å². The highest BCUT2D eigenvalue weighted by Gasteiger charge is 2.35. The molecule has 0 aromatic rings. The quantitative estimate of drug-likeness (QED) is 0.0427. The van der Waals surface area contributed by atoms with Gasteiger partial charge in [-0.2, -0.15) is 11.8 Å². The molecule has 0 unspecified atom stereocenters. The number of hydrogen-bond donors (Lipinski definition) is 11. The summed E-state index contributed by atoms with van der Waals surface area (Å²) < 4.78 is 0. The molecule has 10 atom stereocenters. The Hall–Kier alpha value is -4.50. The lowest BCUT2D eigenvalue weighted by Gasteiger charge is -2.29. The largest absolute Gasteiger partial charge is 0.480 e. The SMILES string of the molecule is CC[C@H](C)[C@H](NC(=O)CNC(=O)[C@H](CCSC)NC(=O)[C@H](C)N)C(=O)NCC(=O)N[C@H](C(=O)N[C@@H](CC(C)C)C(=O)N[C@H](C(=O)N[C@H](C(=O)O)C(C)C)[C@@H](C)O)[C@@H](C)CC. The smallest absolute Gasteiger partial charge is 0.326 e. The molecule has 0 bridgehead atoms. The molecule has 0 fully saturated rings. The molecule has 344 valence electrons. The Kier molecular flexibility index (Phi) is 26.0. The molecule has 0 aliphatic carbocycles. The zero-order valence-corrected chi connectivity index (χ0v) is 37.7. The topological polar surface area (TPSA) is 316 Å². The van der Waals surface area contributed by atoms with E-state index in [0.717, 1.165) is 0 Å². The predicted molar refractivity (Wildman–Crippen MR) is 227 cm³/mol. The molecule has 12 N–H and O–H groups in total. The van der Waals surface area contributed by atoms with E-state index in [2.05, 4.69) is 42.5 Å². The molecule has 0 aliphatic rings. The highest BCUT2D eigenvalue weighted by molar-refractivity contribution is 7.98. The van der Waals surface area contributed by atoms with Crippen molar-refractivity contribution in [3.8, 4) is 0 Å². The Morgan fingerprint density at radius 1 is 0.567 bits per heavy atom. The fraction of sp³-hybridized carbons (Fsp3) is 0.769. The van der Waals surface area contributed by atoms with Gasteiger partial charge in [-0.15, -0.1) is 0 Å². The molecule has 0 aliphatic heterocycles. The summed E-state index contributed by atoms with van der Waals surface area (Å²) in [5, 5.41) is 40.0. The minimum atomic E-state index is -1.55. The van der Waals surface area contributed by atoms with E-state index in [0.29, 0.717) is 25.0 Å². The molecule has 0 aromatic carbocycles. The van der Waals surface area contributed by atoms with Crippen molar-refractivity contribution in [2.75, 3.05) is 25.1 Å². The third kappa shape index (κ3) is 20.2. The summed E-state index contributed by atoms with van der Waals surface area (Å²) in [6.07, 6.45) is 1.68. The number of hydrogen-bond acceptors (Lipinski definition) is 12. The molecule has 0 aromatic heterocycles. The molecule has 0 spiro atoms. The fourth-order valence-corrected chi connectivity index (χ4v) is 6.08. The van der Waals surface area contributed by atoms with Gasteiger partial charge in [0.05, 0.1) is 25.2 Å². The second-order valence-electron chi connectivity index (χ2n) is 15.9. The molecular weight excluding hydrogens is 803 g/mol. The number of carbonyl (C=O) groups excluding carboxylic acids is 8. The highest BCUT2D eigenvalue weighted by Crippen LogP contribution is 2.13. The van der Waals surface area contributed by atoms with Crippen molar-refractivity contribution >= 4 is 65.0 Å².